The van der Waals surface area contributed by atoms with Crippen molar-refractivity contribution in [2.75, 3.05) is 0 Å². The van der Waals surface area contributed by atoms with Gasteiger partial charge < -0.3 is 0 Å². The van der Waals surface area contributed by atoms with E-state index < -0.39 is 0 Å². The molecular weight excluding hydrogens is 242 g/mol. The number of pyridine rings is 1. The van der Waals surface area contributed by atoms with Gasteiger partial charge in [0.25, 0.3) is 0 Å². The first-order valence-corrected chi connectivity index (χ1v) is 6.77. The van der Waals surface area contributed by atoms with E-state index in [1.165, 1.54) is 10.9 Å². The molecule has 0 fully saturated rings. The maximum atomic E-state index is 6.22. The van der Waals surface area contributed by atoms with Crippen LogP contribution in [0.15, 0.2) is 24.3 Å². The Morgan fingerprint density at radius 3 is 2.33 bits per heavy atom. The molecule has 0 saturated carbocycles. The van der Waals surface area contributed by atoms with E-state index in [2.05, 4.69) is 63.9 Å². The van der Waals surface area contributed by atoms with E-state index in [0.717, 1.165) is 11.1 Å². The van der Waals surface area contributed by atoms with Crippen LogP contribution in [0, 0.1) is 0 Å². The van der Waals surface area contributed by atoms with Crippen molar-refractivity contribution in [2.45, 2.75) is 46.0 Å². The van der Waals surface area contributed by atoms with Gasteiger partial charge in [0.1, 0.15) is 5.15 Å². The maximum Gasteiger partial charge on any atom is 0.133 e. The molecule has 0 N–H and O–H groups in total. The molecule has 0 aliphatic carbocycles. The first-order valence-electron chi connectivity index (χ1n) is 6.39. The molecule has 0 spiro atoms. The topological polar surface area (TPSA) is 12.9 Å². The van der Waals surface area contributed by atoms with Crippen molar-refractivity contribution >= 4 is 22.5 Å². The number of hydrogen-bond donors (Lipinski definition) is 0. The summed E-state index contributed by atoms with van der Waals surface area (Å²) in [5, 5.41) is 1.80. The van der Waals surface area contributed by atoms with Crippen LogP contribution in [0.4, 0.5) is 0 Å². The highest BCUT2D eigenvalue weighted by molar-refractivity contribution is 6.30. The third-order valence-corrected chi connectivity index (χ3v) is 3.59. The van der Waals surface area contributed by atoms with Crippen LogP contribution in [0.25, 0.3) is 10.9 Å². The van der Waals surface area contributed by atoms with Crippen molar-refractivity contribution in [1.82, 2.24) is 4.98 Å². The van der Waals surface area contributed by atoms with Gasteiger partial charge >= 0.3 is 0 Å². The molecule has 0 radical (unpaired) electrons. The zero-order valence-corrected chi connectivity index (χ0v) is 12.5. The summed E-state index contributed by atoms with van der Waals surface area (Å²) >= 11 is 6.22. The van der Waals surface area contributed by atoms with Gasteiger partial charge in [-0.3, -0.25) is 0 Å². The Morgan fingerprint density at radius 1 is 1.11 bits per heavy atom. The Balaban J connectivity index is 2.65. The molecule has 2 rings (SSSR count). The number of hydrogen-bond acceptors (Lipinski definition) is 1. The fraction of sp³-hybridized carbons (Fsp3) is 0.438. The number of rotatable bonds is 1. The zero-order valence-electron chi connectivity index (χ0n) is 11.7. The molecule has 0 aliphatic rings. The first kappa shape index (κ1) is 13.4. The van der Waals surface area contributed by atoms with Crippen molar-refractivity contribution < 1.29 is 0 Å². The van der Waals surface area contributed by atoms with Crippen LogP contribution < -0.4 is 0 Å². The molecule has 2 heteroatoms. The number of nitrogens with zero attached hydrogens (tertiary/aromatic N) is 1. The van der Waals surface area contributed by atoms with Gasteiger partial charge in [-0.1, -0.05) is 52.3 Å². The molecule has 1 aromatic heterocycles. The monoisotopic (exact) mass is 261 g/mol. The lowest BCUT2D eigenvalue weighted by molar-refractivity contribution is 0.591. The van der Waals surface area contributed by atoms with Crippen LogP contribution in [0.5, 0.6) is 0 Å². The van der Waals surface area contributed by atoms with Crippen LogP contribution in [0.1, 0.15) is 51.7 Å². The number of halogens is 1. The second kappa shape index (κ2) is 4.55. The van der Waals surface area contributed by atoms with Crippen LogP contribution in [0.2, 0.25) is 5.15 Å². The molecule has 1 nitrogen and oxygen atoms in total. The average Bonchev–Trinajstić information content (AvgIpc) is 2.25. The zero-order chi connectivity index (χ0) is 13.5. The minimum absolute atomic E-state index is 0.159. The lowest BCUT2D eigenvalue weighted by atomic mass is 9.86. The van der Waals surface area contributed by atoms with Gasteiger partial charge in [0.2, 0.25) is 0 Å². The molecule has 0 saturated heterocycles. The molecule has 18 heavy (non-hydrogen) atoms. The molecule has 0 bridgehead atoms. The summed E-state index contributed by atoms with van der Waals surface area (Å²) in [6.45, 7) is 11.0. The Kier molecular flexibility index (Phi) is 3.37. The SMILES string of the molecule is CC(C)c1cc2cc(C(C)(C)C)ccc2nc1Cl. The van der Waals surface area contributed by atoms with E-state index >= 15 is 0 Å². The quantitative estimate of drug-likeness (QED) is 0.634. The van der Waals surface area contributed by atoms with Crippen LogP contribution in [0.3, 0.4) is 0 Å². The number of benzene rings is 1. The Labute approximate surface area is 114 Å². The van der Waals surface area contributed by atoms with Crippen LogP contribution >= 0.6 is 11.6 Å². The molecule has 1 heterocycles. The molecular formula is C16H20ClN. The lowest BCUT2D eigenvalue weighted by Gasteiger charge is -2.19. The largest absolute Gasteiger partial charge is 0.236 e. The van der Waals surface area contributed by atoms with Gasteiger partial charge in [-0.2, -0.15) is 0 Å². The average molecular weight is 262 g/mol. The van der Waals surface area contributed by atoms with E-state index in [-0.39, 0.29) is 5.41 Å². The van der Waals surface area contributed by atoms with Crippen molar-refractivity contribution in [3.63, 3.8) is 0 Å². The molecule has 1 aromatic carbocycles. The van der Waals surface area contributed by atoms with Crippen molar-refractivity contribution in [3.05, 3.63) is 40.5 Å². The maximum absolute atomic E-state index is 6.22. The van der Waals surface area contributed by atoms with E-state index in [0.29, 0.717) is 11.1 Å². The Morgan fingerprint density at radius 2 is 1.78 bits per heavy atom. The minimum atomic E-state index is 0.159. The highest BCUT2D eigenvalue weighted by Crippen LogP contribution is 2.30. The summed E-state index contributed by atoms with van der Waals surface area (Å²) in [6, 6.07) is 8.60. The molecule has 2 aromatic rings. The van der Waals surface area contributed by atoms with Crippen LogP contribution in [-0.4, -0.2) is 4.98 Å². The molecule has 96 valence electrons. The van der Waals surface area contributed by atoms with Crippen molar-refractivity contribution in [1.29, 1.82) is 0 Å². The lowest BCUT2D eigenvalue weighted by Crippen LogP contribution is -2.10. The highest BCUT2D eigenvalue weighted by atomic mass is 35.5. The third kappa shape index (κ3) is 2.51. The summed E-state index contributed by atoms with van der Waals surface area (Å²) < 4.78 is 0. The fourth-order valence-electron chi connectivity index (χ4n) is 2.04. The van der Waals surface area contributed by atoms with Gasteiger partial charge in [0.15, 0.2) is 0 Å². The first-order chi connectivity index (χ1) is 8.29. The predicted octanol–water partition coefficient (Wildman–Crippen LogP) is 5.31. The summed E-state index contributed by atoms with van der Waals surface area (Å²) in [6.07, 6.45) is 0. The molecule has 0 unspecified atom stereocenters. The fourth-order valence-corrected chi connectivity index (χ4v) is 2.40. The second-order valence-corrected chi connectivity index (χ2v) is 6.54. The van der Waals surface area contributed by atoms with Gasteiger partial charge in [0, 0.05) is 5.39 Å². The number of aromatic nitrogens is 1. The van der Waals surface area contributed by atoms with Crippen LogP contribution in [-0.2, 0) is 5.41 Å². The smallest absolute Gasteiger partial charge is 0.133 e. The molecule has 0 aliphatic heterocycles. The molecule has 0 atom stereocenters. The molecule has 0 amide bonds. The van der Waals surface area contributed by atoms with Gasteiger partial charge in [-0.05, 0) is 40.7 Å². The van der Waals surface area contributed by atoms with E-state index in [9.17, 15) is 0 Å². The van der Waals surface area contributed by atoms with Crippen molar-refractivity contribution in [3.8, 4) is 0 Å². The third-order valence-electron chi connectivity index (χ3n) is 3.28. The van der Waals surface area contributed by atoms with Gasteiger partial charge in [-0.15, -0.1) is 0 Å². The standard InChI is InChI=1S/C16H20ClN/c1-10(2)13-9-11-8-12(16(3,4)5)6-7-14(11)18-15(13)17/h6-10H,1-5H3. The summed E-state index contributed by atoms with van der Waals surface area (Å²) in [5.41, 5.74) is 3.58. The summed E-state index contributed by atoms with van der Waals surface area (Å²) in [7, 11) is 0. The Bertz CT molecular complexity index is 579. The van der Waals surface area contributed by atoms with E-state index in [1.54, 1.807) is 0 Å². The summed E-state index contributed by atoms with van der Waals surface area (Å²) in [5.74, 6) is 0.396. The summed E-state index contributed by atoms with van der Waals surface area (Å²) in [4.78, 5) is 4.49. The van der Waals surface area contributed by atoms with E-state index in [1.807, 2.05) is 0 Å². The number of fused-ring (bicyclic) bond motifs is 1. The van der Waals surface area contributed by atoms with Crippen molar-refractivity contribution in [2.24, 2.45) is 0 Å². The normalized spacial score (nSPS) is 12.4. The minimum Gasteiger partial charge on any atom is -0.236 e. The Hall–Kier alpha value is -1.08. The van der Waals surface area contributed by atoms with Gasteiger partial charge in [-0.25, -0.2) is 4.98 Å². The van der Waals surface area contributed by atoms with E-state index in [4.69, 9.17) is 11.6 Å². The highest BCUT2D eigenvalue weighted by Gasteiger charge is 2.15. The van der Waals surface area contributed by atoms with Gasteiger partial charge in [0.05, 0.1) is 5.52 Å². The second-order valence-electron chi connectivity index (χ2n) is 6.18. The predicted molar refractivity (Wildman–Crippen MR) is 79.5 cm³/mol.